The fourth-order valence-electron chi connectivity index (χ4n) is 1.43. The second kappa shape index (κ2) is 3.99. The highest BCUT2D eigenvalue weighted by molar-refractivity contribution is 6.34. The van der Waals surface area contributed by atoms with Gasteiger partial charge in [0.2, 0.25) is 7.41 Å². The summed E-state index contributed by atoms with van der Waals surface area (Å²) in [6.45, 7) is 2.51. The number of nitrogens with zero attached hydrogens (tertiary/aromatic N) is 1. The summed E-state index contributed by atoms with van der Waals surface area (Å²) in [7, 11) is 6.39. The van der Waals surface area contributed by atoms with Crippen LogP contribution in [0.4, 0.5) is 0 Å². The van der Waals surface area contributed by atoms with E-state index in [1.807, 2.05) is 7.05 Å². The second-order valence-electron chi connectivity index (χ2n) is 3.10. The van der Waals surface area contributed by atoms with Crippen molar-refractivity contribution in [1.82, 2.24) is 10.1 Å². The number of nitrogens with one attached hydrogen (secondary N) is 1. The molecule has 0 atom stereocenters. The molecule has 0 amide bonds. The topological polar surface area (TPSA) is 15.3 Å². The molecule has 0 saturated carbocycles. The predicted molar refractivity (Wildman–Crippen MR) is 45.3 cm³/mol. The zero-order valence-electron chi connectivity index (χ0n) is 6.93. The maximum absolute atomic E-state index is 3.11. The van der Waals surface area contributed by atoms with Crippen LogP contribution >= 0.6 is 0 Å². The quantitative estimate of drug-likeness (QED) is 0.555. The smallest absolute Gasteiger partial charge is 0.208 e. The zero-order chi connectivity index (χ0) is 7.40. The molecule has 1 N–H and O–H groups in total. The lowest BCUT2D eigenvalue weighted by atomic mass is 9.70. The number of piperidine rings is 1. The van der Waals surface area contributed by atoms with Gasteiger partial charge in [-0.05, 0) is 40.0 Å². The van der Waals surface area contributed by atoms with E-state index >= 15 is 0 Å². The number of hydrogen-bond donors (Lipinski definition) is 1. The van der Waals surface area contributed by atoms with E-state index in [1.54, 1.807) is 0 Å². The highest BCUT2D eigenvalue weighted by Gasteiger charge is 2.16. The van der Waals surface area contributed by atoms with Crippen LogP contribution in [-0.4, -0.2) is 39.5 Å². The Hall–Kier alpha value is -0.0151. The number of likely N-dealkylation sites (tertiary alicyclic amines) is 1. The summed E-state index contributed by atoms with van der Waals surface area (Å²) in [5, 5.41) is 3.11. The molecule has 10 heavy (non-hydrogen) atoms. The van der Waals surface area contributed by atoms with Crippen molar-refractivity contribution in [1.29, 1.82) is 0 Å². The Bertz CT molecular complexity index is 89.6. The van der Waals surface area contributed by atoms with Gasteiger partial charge in [0.05, 0.1) is 0 Å². The van der Waals surface area contributed by atoms with Gasteiger partial charge in [-0.15, -0.1) is 0 Å². The molecule has 57 valence electrons. The van der Waals surface area contributed by atoms with Gasteiger partial charge >= 0.3 is 0 Å². The predicted octanol–water partition coefficient (Wildman–Crippen LogP) is 0.339. The van der Waals surface area contributed by atoms with Crippen molar-refractivity contribution >= 4 is 7.41 Å². The SMILES string of the molecule is CN[B]C1CCN(C)CC1. The third-order valence-corrected chi connectivity index (χ3v) is 2.17. The van der Waals surface area contributed by atoms with Gasteiger partial charge in [-0.1, -0.05) is 5.82 Å². The van der Waals surface area contributed by atoms with Crippen molar-refractivity contribution < 1.29 is 0 Å². The van der Waals surface area contributed by atoms with Crippen LogP contribution in [0.3, 0.4) is 0 Å². The van der Waals surface area contributed by atoms with Gasteiger partial charge in [0.1, 0.15) is 0 Å². The van der Waals surface area contributed by atoms with E-state index in [0.717, 1.165) is 5.82 Å². The molecule has 1 saturated heterocycles. The van der Waals surface area contributed by atoms with Crippen LogP contribution in [0, 0.1) is 0 Å². The Morgan fingerprint density at radius 3 is 2.50 bits per heavy atom. The monoisotopic (exact) mass is 139 g/mol. The van der Waals surface area contributed by atoms with E-state index in [1.165, 1.54) is 25.9 Å². The molecule has 0 aliphatic carbocycles. The van der Waals surface area contributed by atoms with Gasteiger partial charge in [0.15, 0.2) is 0 Å². The molecule has 1 aliphatic rings. The summed E-state index contributed by atoms with van der Waals surface area (Å²) < 4.78 is 0. The second-order valence-corrected chi connectivity index (χ2v) is 3.10. The van der Waals surface area contributed by atoms with Gasteiger partial charge in [-0.3, -0.25) is 0 Å². The summed E-state index contributed by atoms with van der Waals surface area (Å²) in [5.41, 5.74) is 0. The van der Waals surface area contributed by atoms with Crippen LogP contribution in [0.2, 0.25) is 5.82 Å². The van der Waals surface area contributed by atoms with Gasteiger partial charge in [0.25, 0.3) is 0 Å². The molecule has 0 aromatic carbocycles. The minimum absolute atomic E-state index is 0.807. The molecule has 3 heteroatoms. The van der Waals surface area contributed by atoms with Crippen molar-refractivity contribution in [3.05, 3.63) is 0 Å². The van der Waals surface area contributed by atoms with E-state index in [4.69, 9.17) is 0 Å². The van der Waals surface area contributed by atoms with Crippen LogP contribution in [-0.2, 0) is 0 Å². The molecule has 1 heterocycles. The molecular weight excluding hydrogens is 123 g/mol. The molecule has 1 radical (unpaired) electrons. The zero-order valence-corrected chi connectivity index (χ0v) is 6.93. The minimum atomic E-state index is 0.807. The van der Waals surface area contributed by atoms with Crippen LogP contribution in [0.1, 0.15) is 12.8 Å². The van der Waals surface area contributed by atoms with Crippen LogP contribution in [0.25, 0.3) is 0 Å². The molecule has 1 fully saturated rings. The van der Waals surface area contributed by atoms with E-state index in [0.29, 0.717) is 0 Å². The Morgan fingerprint density at radius 1 is 1.40 bits per heavy atom. The molecule has 2 nitrogen and oxygen atoms in total. The lowest BCUT2D eigenvalue weighted by Gasteiger charge is -2.28. The fraction of sp³-hybridized carbons (Fsp3) is 1.00. The lowest BCUT2D eigenvalue weighted by molar-refractivity contribution is 0.276. The first-order chi connectivity index (χ1) is 4.83. The van der Waals surface area contributed by atoms with Gasteiger partial charge in [-0.2, -0.15) is 0 Å². The first-order valence-corrected chi connectivity index (χ1v) is 4.02. The van der Waals surface area contributed by atoms with Crippen molar-refractivity contribution in [2.24, 2.45) is 0 Å². The maximum atomic E-state index is 3.11. The number of rotatable bonds is 2. The molecule has 0 unspecified atom stereocenters. The van der Waals surface area contributed by atoms with Crippen molar-refractivity contribution in [2.75, 3.05) is 27.2 Å². The van der Waals surface area contributed by atoms with E-state index in [-0.39, 0.29) is 0 Å². The standard InChI is InChI=1S/C7H16BN2/c1-9-8-7-3-5-10(2)6-4-7/h7,9H,3-6H2,1-2H3. The third kappa shape index (κ3) is 2.31. The average molecular weight is 139 g/mol. The Balaban J connectivity index is 2.13. The summed E-state index contributed by atoms with van der Waals surface area (Å²) >= 11 is 0. The average Bonchev–Trinajstić information content (AvgIpc) is 1.95. The normalized spacial score (nSPS) is 23.0. The third-order valence-electron chi connectivity index (χ3n) is 2.17. The Morgan fingerprint density at radius 2 is 2.00 bits per heavy atom. The Kier molecular flexibility index (Phi) is 3.22. The summed E-state index contributed by atoms with van der Waals surface area (Å²) in [5.74, 6) is 0.807. The fourth-order valence-corrected chi connectivity index (χ4v) is 1.43. The van der Waals surface area contributed by atoms with Crippen molar-refractivity contribution in [2.45, 2.75) is 18.7 Å². The van der Waals surface area contributed by atoms with Crippen LogP contribution in [0.15, 0.2) is 0 Å². The largest absolute Gasteiger partial charge is 0.363 e. The molecular formula is C7H16BN2. The van der Waals surface area contributed by atoms with E-state index in [2.05, 4.69) is 24.6 Å². The summed E-state index contributed by atoms with van der Waals surface area (Å²) in [6.07, 6.45) is 2.63. The van der Waals surface area contributed by atoms with Gasteiger partial charge < -0.3 is 10.1 Å². The van der Waals surface area contributed by atoms with Crippen molar-refractivity contribution in [3.8, 4) is 0 Å². The maximum Gasteiger partial charge on any atom is 0.208 e. The molecule has 0 aromatic heterocycles. The molecule has 0 aromatic rings. The molecule has 0 bridgehead atoms. The summed E-state index contributed by atoms with van der Waals surface area (Å²) in [4.78, 5) is 2.39. The first kappa shape index (κ1) is 8.09. The number of hydrogen-bond acceptors (Lipinski definition) is 2. The molecule has 1 aliphatic heterocycles. The summed E-state index contributed by atoms with van der Waals surface area (Å²) in [6, 6.07) is 0. The van der Waals surface area contributed by atoms with Crippen LogP contribution < -0.4 is 5.23 Å². The van der Waals surface area contributed by atoms with Gasteiger partial charge in [-0.25, -0.2) is 0 Å². The Labute approximate surface area is 64.2 Å². The minimum Gasteiger partial charge on any atom is -0.363 e. The van der Waals surface area contributed by atoms with Gasteiger partial charge in [0, 0.05) is 0 Å². The highest BCUT2D eigenvalue weighted by atomic mass is 15.1. The highest BCUT2D eigenvalue weighted by Crippen LogP contribution is 2.18. The van der Waals surface area contributed by atoms with Crippen LogP contribution in [0.5, 0.6) is 0 Å². The first-order valence-electron chi connectivity index (χ1n) is 4.02. The van der Waals surface area contributed by atoms with Crippen molar-refractivity contribution in [3.63, 3.8) is 0 Å². The molecule has 1 rings (SSSR count). The van der Waals surface area contributed by atoms with E-state index < -0.39 is 0 Å². The lowest BCUT2D eigenvalue weighted by Crippen LogP contribution is -2.32. The molecule has 0 spiro atoms. The van der Waals surface area contributed by atoms with E-state index in [9.17, 15) is 0 Å².